The molecular weight excluding hydrogens is 599 g/mol. The lowest BCUT2D eigenvalue weighted by molar-refractivity contribution is 1.29. The highest BCUT2D eigenvalue weighted by atomic mass is 32.1. The second-order valence-electron chi connectivity index (χ2n) is 12.5. The van der Waals surface area contributed by atoms with E-state index in [0.717, 1.165) is 17.1 Å². The van der Waals surface area contributed by atoms with E-state index in [2.05, 4.69) is 181 Å². The van der Waals surface area contributed by atoms with Gasteiger partial charge in [0.25, 0.3) is 0 Å². The maximum absolute atomic E-state index is 2.43. The number of hydrogen-bond donors (Lipinski definition) is 0. The first-order valence-electron chi connectivity index (χ1n) is 16.4. The van der Waals surface area contributed by atoms with E-state index in [4.69, 9.17) is 0 Å². The number of anilines is 3. The largest absolute Gasteiger partial charge is 0.310 e. The smallest absolute Gasteiger partial charge is 0.0476 e. The fourth-order valence-electron chi connectivity index (χ4n) is 7.63. The molecule has 0 unspecified atom stereocenters. The molecule has 1 heterocycles. The number of rotatable bonds is 4. The first-order valence-corrected chi connectivity index (χ1v) is 17.2. The zero-order chi connectivity index (χ0) is 31.6. The van der Waals surface area contributed by atoms with Gasteiger partial charge in [0.05, 0.1) is 0 Å². The number of hydrogen-bond acceptors (Lipinski definition) is 2. The van der Waals surface area contributed by atoms with Crippen LogP contribution in [-0.4, -0.2) is 0 Å². The van der Waals surface area contributed by atoms with E-state index in [9.17, 15) is 0 Å². The summed E-state index contributed by atoms with van der Waals surface area (Å²) < 4.78 is 2.61. The SMILES string of the molecule is c1ccc(-c2cccc(N(c3ccc4c(c3)-c3cccc5cccc(c35)-c3ccccc3-4)c3ccc4c(c3)sc3ccccc34)c2)cc1. The van der Waals surface area contributed by atoms with E-state index < -0.39 is 0 Å². The quantitative estimate of drug-likeness (QED) is 0.188. The Morgan fingerprint density at radius 3 is 1.77 bits per heavy atom. The lowest BCUT2D eigenvalue weighted by atomic mass is 9.93. The van der Waals surface area contributed by atoms with Gasteiger partial charge in [-0.15, -0.1) is 11.3 Å². The normalized spacial score (nSPS) is 11.8. The monoisotopic (exact) mass is 627 g/mol. The topological polar surface area (TPSA) is 3.24 Å². The van der Waals surface area contributed by atoms with Gasteiger partial charge >= 0.3 is 0 Å². The number of nitrogens with zero attached hydrogens (tertiary/aromatic N) is 1. The predicted molar refractivity (Wildman–Crippen MR) is 207 cm³/mol. The molecule has 0 fully saturated rings. The molecule has 1 aromatic heterocycles. The molecule has 0 atom stereocenters. The van der Waals surface area contributed by atoms with Crippen molar-refractivity contribution in [3.05, 3.63) is 176 Å². The molecule has 0 saturated carbocycles. The Labute approximate surface area is 283 Å². The third-order valence-corrected chi connectivity index (χ3v) is 10.9. The van der Waals surface area contributed by atoms with Crippen LogP contribution in [0.15, 0.2) is 176 Å². The number of benzene rings is 8. The van der Waals surface area contributed by atoms with Gasteiger partial charge in [-0.3, -0.25) is 0 Å². The van der Waals surface area contributed by atoms with Crippen LogP contribution in [-0.2, 0) is 0 Å². The van der Waals surface area contributed by atoms with Gasteiger partial charge < -0.3 is 4.90 Å². The van der Waals surface area contributed by atoms with Crippen molar-refractivity contribution >= 4 is 59.3 Å². The van der Waals surface area contributed by atoms with Gasteiger partial charge in [-0.2, -0.15) is 0 Å². The van der Waals surface area contributed by atoms with Crippen LogP contribution in [0.2, 0.25) is 0 Å². The van der Waals surface area contributed by atoms with Crippen LogP contribution >= 0.6 is 11.3 Å². The van der Waals surface area contributed by atoms with Crippen LogP contribution in [0, 0.1) is 0 Å². The average molecular weight is 628 g/mol. The van der Waals surface area contributed by atoms with E-state index in [1.807, 2.05) is 11.3 Å². The molecular formula is C46H29NS. The van der Waals surface area contributed by atoms with E-state index >= 15 is 0 Å². The molecule has 1 nitrogen and oxygen atoms in total. The minimum atomic E-state index is 1.13. The predicted octanol–water partition coefficient (Wildman–Crippen LogP) is 13.7. The summed E-state index contributed by atoms with van der Waals surface area (Å²) in [6, 6.07) is 64.6. The van der Waals surface area contributed by atoms with Crippen molar-refractivity contribution in [2.75, 3.05) is 4.90 Å². The summed E-state index contributed by atoms with van der Waals surface area (Å²) in [4.78, 5) is 2.43. The van der Waals surface area contributed by atoms with Crippen molar-refractivity contribution in [1.29, 1.82) is 0 Å². The minimum Gasteiger partial charge on any atom is -0.310 e. The Bertz CT molecular complexity index is 2680. The molecule has 0 spiro atoms. The maximum Gasteiger partial charge on any atom is 0.0476 e. The lowest BCUT2D eigenvalue weighted by Crippen LogP contribution is -2.10. The molecule has 9 aromatic rings. The number of thiophene rings is 1. The molecule has 48 heavy (non-hydrogen) atoms. The lowest BCUT2D eigenvalue weighted by Gasteiger charge is -2.27. The van der Waals surface area contributed by atoms with Crippen molar-refractivity contribution in [3.8, 4) is 44.5 Å². The third kappa shape index (κ3) is 4.24. The fourth-order valence-corrected chi connectivity index (χ4v) is 8.77. The Morgan fingerprint density at radius 1 is 0.333 bits per heavy atom. The van der Waals surface area contributed by atoms with Crippen molar-refractivity contribution < 1.29 is 0 Å². The first kappa shape index (κ1) is 27.2. The summed E-state index contributed by atoms with van der Waals surface area (Å²) in [5.41, 5.74) is 13.4. The molecule has 10 rings (SSSR count). The molecule has 1 aliphatic rings. The van der Waals surface area contributed by atoms with Gasteiger partial charge in [0, 0.05) is 37.2 Å². The zero-order valence-corrected chi connectivity index (χ0v) is 26.9. The summed E-state index contributed by atoms with van der Waals surface area (Å²) in [7, 11) is 0. The van der Waals surface area contributed by atoms with Gasteiger partial charge in [-0.05, 0) is 97.7 Å². The number of fused-ring (bicyclic) bond motifs is 8. The van der Waals surface area contributed by atoms with Crippen LogP contribution < -0.4 is 4.90 Å². The molecule has 0 radical (unpaired) electrons. The first-order chi connectivity index (χ1) is 23.8. The molecule has 0 bridgehead atoms. The summed E-state index contributed by atoms with van der Waals surface area (Å²) in [6.07, 6.45) is 0. The van der Waals surface area contributed by atoms with E-state index in [-0.39, 0.29) is 0 Å². The highest BCUT2D eigenvalue weighted by Gasteiger charge is 2.23. The molecule has 8 aromatic carbocycles. The van der Waals surface area contributed by atoms with E-state index in [1.54, 1.807) is 0 Å². The molecule has 0 aliphatic heterocycles. The summed E-state index contributed by atoms with van der Waals surface area (Å²) in [6.45, 7) is 0. The van der Waals surface area contributed by atoms with Crippen LogP contribution in [0.4, 0.5) is 17.1 Å². The molecule has 0 amide bonds. The van der Waals surface area contributed by atoms with Crippen molar-refractivity contribution in [2.24, 2.45) is 0 Å². The highest BCUT2D eigenvalue weighted by molar-refractivity contribution is 7.25. The molecule has 224 valence electrons. The van der Waals surface area contributed by atoms with Crippen molar-refractivity contribution in [2.45, 2.75) is 0 Å². The Kier molecular flexibility index (Phi) is 6.12. The standard InChI is InChI=1S/C46H29NS/c1-2-11-30(12-3-1)32-15-8-16-33(27-32)47(35-24-26-40-39-19-6-7-22-44(39)48-45(40)29-35)34-23-25-38-36-17-4-5-18-37(36)41-20-9-13-31-14-10-21-42(46(31)41)43(38)28-34/h1-29H. The van der Waals surface area contributed by atoms with Gasteiger partial charge in [0.15, 0.2) is 0 Å². The Morgan fingerprint density at radius 2 is 0.917 bits per heavy atom. The van der Waals surface area contributed by atoms with Crippen LogP contribution in [0.3, 0.4) is 0 Å². The van der Waals surface area contributed by atoms with Gasteiger partial charge in [0.2, 0.25) is 0 Å². The maximum atomic E-state index is 2.43. The highest BCUT2D eigenvalue weighted by Crippen LogP contribution is 2.50. The second-order valence-corrected chi connectivity index (χ2v) is 13.6. The van der Waals surface area contributed by atoms with Crippen LogP contribution in [0.1, 0.15) is 0 Å². The van der Waals surface area contributed by atoms with Crippen LogP contribution in [0.25, 0.3) is 75.5 Å². The second kappa shape index (κ2) is 10.8. The van der Waals surface area contributed by atoms with E-state index in [0.29, 0.717) is 0 Å². The van der Waals surface area contributed by atoms with Crippen LogP contribution in [0.5, 0.6) is 0 Å². The summed E-state index contributed by atoms with van der Waals surface area (Å²) in [5.74, 6) is 0. The summed E-state index contributed by atoms with van der Waals surface area (Å²) in [5, 5.41) is 5.20. The minimum absolute atomic E-state index is 1.13. The van der Waals surface area contributed by atoms with Gasteiger partial charge in [-0.1, -0.05) is 133 Å². The molecule has 0 N–H and O–H groups in total. The Balaban J connectivity index is 1.23. The molecule has 2 heteroatoms. The fraction of sp³-hybridized carbons (Fsp3) is 0. The Hall–Kier alpha value is -5.96. The third-order valence-electron chi connectivity index (χ3n) is 9.80. The molecule has 1 aliphatic carbocycles. The zero-order valence-electron chi connectivity index (χ0n) is 26.1. The van der Waals surface area contributed by atoms with Gasteiger partial charge in [0.1, 0.15) is 0 Å². The van der Waals surface area contributed by atoms with E-state index in [1.165, 1.54) is 75.5 Å². The summed E-state index contributed by atoms with van der Waals surface area (Å²) >= 11 is 1.86. The van der Waals surface area contributed by atoms with Crippen molar-refractivity contribution in [1.82, 2.24) is 0 Å². The van der Waals surface area contributed by atoms with Gasteiger partial charge in [-0.25, -0.2) is 0 Å². The average Bonchev–Trinajstić information content (AvgIpc) is 3.47. The van der Waals surface area contributed by atoms with Crippen molar-refractivity contribution in [3.63, 3.8) is 0 Å². The molecule has 0 saturated heterocycles.